The smallest absolute Gasteiger partial charge is 0.326 e. The van der Waals surface area contributed by atoms with E-state index >= 15 is 0 Å². The Kier molecular flexibility index (Phi) is 10.7. The lowest BCUT2D eigenvalue weighted by atomic mass is 10.1. The highest BCUT2D eigenvalue weighted by Crippen LogP contribution is 2.40. The Morgan fingerprint density at radius 2 is 1.52 bits per heavy atom. The maximum absolute atomic E-state index is 12.0. The van der Waals surface area contributed by atoms with Crippen molar-refractivity contribution < 1.29 is 19.1 Å². The van der Waals surface area contributed by atoms with Crippen molar-refractivity contribution in [1.82, 2.24) is 0 Å². The first-order chi connectivity index (χ1) is 11.9. The second kappa shape index (κ2) is 12.2. The Morgan fingerprint density at radius 3 is 2.12 bits per heavy atom. The molecule has 0 aromatic heterocycles. The fourth-order valence-corrected chi connectivity index (χ4v) is 3.53. The Morgan fingerprint density at radius 1 is 0.960 bits per heavy atom. The van der Waals surface area contributed by atoms with E-state index in [0.717, 1.165) is 19.3 Å². The first-order valence-electron chi connectivity index (χ1n) is 9.34. The summed E-state index contributed by atoms with van der Waals surface area (Å²) in [7, 11) is -4.15. The van der Waals surface area contributed by atoms with Gasteiger partial charge in [-0.2, -0.15) is 0 Å². The predicted molar refractivity (Wildman–Crippen MR) is 103 cm³/mol. The predicted octanol–water partition coefficient (Wildman–Crippen LogP) is 5.22. The number of amides is 1. The number of para-hydroxylation sites is 1. The molecule has 1 aromatic carbocycles. The van der Waals surface area contributed by atoms with Crippen LogP contribution in [0.15, 0.2) is 24.3 Å². The van der Waals surface area contributed by atoms with E-state index in [4.69, 9.17) is 9.79 Å². The van der Waals surface area contributed by atoms with Gasteiger partial charge in [0.25, 0.3) is 0 Å². The van der Waals surface area contributed by atoms with Gasteiger partial charge in [0.1, 0.15) is 0 Å². The third-order valence-electron chi connectivity index (χ3n) is 4.18. The summed E-state index contributed by atoms with van der Waals surface area (Å²) in [5.41, 5.74) is 0.961. The van der Waals surface area contributed by atoms with Crippen LogP contribution >= 0.6 is 7.60 Å². The number of carbonyl (C=O) groups is 1. The van der Waals surface area contributed by atoms with E-state index in [1.807, 2.05) is 0 Å². The van der Waals surface area contributed by atoms with Crippen molar-refractivity contribution in [3.8, 4) is 0 Å². The van der Waals surface area contributed by atoms with Crippen molar-refractivity contribution >= 4 is 19.2 Å². The summed E-state index contributed by atoms with van der Waals surface area (Å²) >= 11 is 0. The fraction of sp³-hybridized carbons (Fsp3) is 0.632. The lowest BCUT2D eigenvalue weighted by molar-refractivity contribution is -0.116. The largest absolute Gasteiger partial charge is 0.329 e. The molecule has 0 aliphatic heterocycles. The maximum atomic E-state index is 12.0. The Labute approximate surface area is 151 Å². The van der Waals surface area contributed by atoms with Gasteiger partial charge < -0.3 is 15.1 Å². The summed E-state index contributed by atoms with van der Waals surface area (Å²) in [6.07, 6.45) is 10.9. The first-order valence-corrected chi connectivity index (χ1v) is 11.1. The molecule has 1 amide bonds. The first kappa shape index (κ1) is 21.9. The molecule has 0 spiro atoms. The number of rotatable bonds is 13. The number of benzene rings is 1. The Balaban J connectivity index is 2.24. The highest BCUT2D eigenvalue weighted by molar-refractivity contribution is 7.50. The van der Waals surface area contributed by atoms with Crippen LogP contribution in [0.2, 0.25) is 0 Å². The number of unbranched alkanes of at least 4 members (excludes halogenated alkanes) is 8. The van der Waals surface area contributed by atoms with Crippen LogP contribution < -0.4 is 5.32 Å². The Hall–Kier alpha value is -1.16. The zero-order valence-corrected chi connectivity index (χ0v) is 16.1. The fourth-order valence-electron chi connectivity index (χ4n) is 2.81. The minimum Gasteiger partial charge on any atom is -0.326 e. The lowest BCUT2D eigenvalue weighted by Gasteiger charge is -2.11. The van der Waals surface area contributed by atoms with Gasteiger partial charge in [0, 0.05) is 12.1 Å². The summed E-state index contributed by atoms with van der Waals surface area (Å²) in [6.45, 7) is 2.22. The summed E-state index contributed by atoms with van der Waals surface area (Å²) in [4.78, 5) is 30.3. The van der Waals surface area contributed by atoms with Gasteiger partial charge in [-0.15, -0.1) is 0 Å². The standard InChI is InChI=1S/C19H32NO4P/c1-2-3-4-5-6-7-8-9-10-15-19(21)20-18-14-12-11-13-17(18)16-25(22,23)24/h11-14H,2-10,15-16H2,1H3,(H,20,21)(H2,22,23,24). The molecule has 3 N–H and O–H groups in total. The average Bonchev–Trinajstić information content (AvgIpc) is 2.54. The van der Waals surface area contributed by atoms with Crippen LogP contribution in [-0.2, 0) is 15.5 Å². The summed E-state index contributed by atoms with van der Waals surface area (Å²) < 4.78 is 11.2. The summed E-state index contributed by atoms with van der Waals surface area (Å²) in [5, 5.41) is 2.78. The molecule has 25 heavy (non-hydrogen) atoms. The normalized spacial score (nSPS) is 11.5. The van der Waals surface area contributed by atoms with Crippen LogP contribution in [0, 0.1) is 0 Å². The van der Waals surface area contributed by atoms with Crippen molar-refractivity contribution in [2.45, 2.75) is 77.3 Å². The van der Waals surface area contributed by atoms with Crippen molar-refractivity contribution in [2.75, 3.05) is 5.32 Å². The molecule has 5 nitrogen and oxygen atoms in total. The van der Waals surface area contributed by atoms with E-state index < -0.39 is 7.60 Å². The molecule has 0 fully saturated rings. The van der Waals surface area contributed by atoms with Gasteiger partial charge in [-0.25, -0.2) is 0 Å². The van der Waals surface area contributed by atoms with Crippen molar-refractivity contribution in [3.63, 3.8) is 0 Å². The van der Waals surface area contributed by atoms with E-state index in [-0.39, 0.29) is 12.1 Å². The van der Waals surface area contributed by atoms with Gasteiger partial charge in [0.15, 0.2) is 0 Å². The molecule has 0 unspecified atom stereocenters. The van der Waals surface area contributed by atoms with Crippen LogP contribution in [0.3, 0.4) is 0 Å². The zero-order valence-electron chi connectivity index (χ0n) is 15.2. The number of carbonyl (C=O) groups excluding carboxylic acids is 1. The molecule has 0 aliphatic rings. The molecule has 0 bridgehead atoms. The van der Waals surface area contributed by atoms with Crippen LogP contribution in [0.1, 0.15) is 76.7 Å². The summed E-state index contributed by atoms with van der Waals surface area (Å²) in [6, 6.07) is 6.77. The number of hydrogen-bond acceptors (Lipinski definition) is 2. The topological polar surface area (TPSA) is 86.6 Å². The van der Waals surface area contributed by atoms with Crippen molar-refractivity contribution in [2.24, 2.45) is 0 Å². The minimum absolute atomic E-state index is 0.0962. The second-order valence-electron chi connectivity index (χ2n) is 6.61. The molecular formula is C19H32NO4P. The van der Waals surface area contributed by atoms with E-state index in [0.29, 0.717) is 17.7 Å². The summed E-state index contributed by atoms with van der Waals surface area (Å²) in [5.74, 6) is -0.0962. The van der Waals surface area contributed by atoms with Gasteiger partial charge in [0.05, 0.1) is 6.16 Å². The quantitative estimate of drug-likeness (QED) is 0.328. The van der Waals surface area contributed by atoms with Crippen molar-refractivity contribution in [3.05, 3.63) is 29.8 Å². The van der Waals surface area contributed by atoms with E-state index in [1.165, 1.54) is 38.5 Å². The second-order valence-corrected chi connectivity index (χ2v) is 8.25. The van der Waals surface area contributed by atoms with Crippen LogP contribution in [-0.4, -0.2) is 15.7 Å². The highest BCUT2D eigenvalue weighted by atomic mass is 31.2. The van der Waals surface area contributed by atoms with Gasteiger partial charge >= 0.3 is 7.60 Å². The molecule has 0 saturated heterocycles. The molecule has 0 atom stereocenters. The number of anilines is 1. The third-order valence-corrected chi connectivity index (χ3v) is 4.93. The molecule has 1 aromatic rings. The highest BCUT2D eigenvalue weighted by Gasteiger charge is 2.17. The van der Waals surface area contributed by atoms with E-state index in [9.17, 15) is 9.36 Å². The Bertz CT molecular complexity index is 556. The number of hydrogen-bond donors (Lipinski definition) is 3. The third kappa shape index (κ3) is 11.1. The molecule has 0 saturated carbocycles. The molecule has 1 rings (SSSR count). The minimum atomic E-state index is -4.15. The molecule has 6 heteroatoms. The zero-order chi connectivity index (χ0) is 18.5. The van der Waals surface area contributed by atoms with Crippen LogP contribution in [0.25, 0.3) is 0 Å². The van der Waals surface area contributed by atoms with Gasteiger partial charge in [0.2, 0.25) is 5.91 Å². The molecule has 0 heterocycles. The van der Waals surface area contributed by atoms with Gasteiger partial charge in [-0.05, 0) is 18.1 Å². The van der Waals surface area contributed by atoms with Gasteiger partial charge in [-0.3, -0.25) is 9.36 Å². The van der Waals surface area contributed by atoms with Crippen LogP contribution in [0.4, 0.5) is 5.69 Å². The molecule has 142 valence electrons. The van der Waals surface area contributed by atoms with Gasteiger partial charge in [-0.1, -0.05) is 76.5 Å². The molecule has 0 radical (unpaired) electrons. The monoisotopic (exact) mass is 369 g/mol. The average molecular weight is 369 g/mol. The van der Waals surface area contributed by atoms with Crippen molar-refractivity contribution in [1.29, 1.82) is 0 Å². The van der Waals surface area contributed by atoms with E-state index in [1.54, 1.807) is 24.3 Å². The molecular weight excluding hydrogens is 337 g/mol. The lowest BCUT2D eigenvalue weighted by Crippen LogP contribution is -2.12. The molecule has 0 aliphatic carbocycles. The van der Waals surface area contributed by atoms with E-state index in [2.05, 4.69) is 12.2 Å². The SMILES string of the molecule is CCCCCCCCCCCC(=O)Nc1ccccc1CP(=O)(O)O. The number of nitrogens with one attached hydrogen (secondary N) is 1. The maximum Gasteiger partial charge on any atom is 0.329 e. The van der Waals surface area contributed by atoms with Crippen LogP contribution in [0.5, 0.6) is 0 Å².